The Morgan fingerprint density at radius 1 is 1.40 bits per heavy atom. The number of rotatable bonds is 3. The Kier molecular flexibility index (Phi) is 2.79. The van der Waals surface area contributed by atoms with Crippen molar-refractivity contribution in [2.75, 3.05) is 0 Å². The molecule has 0 amide bonds. The second kappa shape index (κ2) is 4.61. The van der Waals surface area contributed by atoms with Gasteiger partial charge in [-0.25, -0.2) is 9.98 Å². The van der Waals surface area contributed by atoms with Gasteiger partial charge in [0.2, 0.25) is 5.95 Å². The van der Waals surface area contributed by atoms with E-state index in [1.165, 1.54) is 18.3 Å². The first-order valence-corrected chi connectivity index (χ1v) is 5.86. The van der Waals surface area contributed by atoms with E-state index in [1.54, 1.807) is 0 Å². The van der Waals surface area contributed by atoms with Crippen LogP contribution in [0.25, 0.3) is 11.0 Å². The molecule has 0 aliphatic heterocycles. The number of nitrogens with zero attached hydrogens (tertiary/aromatic N) is 3. The molecule has 7 heteroatoms. The van der Waals surface area contributed by atoms with Gasteiger partial charge in [-0.3, -0.25) is 10.1 Å². The second-order valence-corrected chi connectivity index (χ2v) is 4.27. The second-order valence-electron chi connectivity index (χ2n) is 4.27. The number of aromatic nitrogens is 2. The van der Waals surface area contributed by atoms with E-state index in [-0.39, 0.29) is 5.88 Å². The van der Waals surface area contributed by atoms with E-state index in [0.29, 0.717) is 11.7 Å². The topological polar surface area (TPSA) is 97.3 Å². The number of imidazole rings is 1. The monoisotopic (exact) mass is 270 g/mol. The fourth-order valence-electron chi connectivity index (χ4n) is 1.81. The number of H-pyrrole nitrogens is 1. The molecule has 0 fully saturated rings. The molecule has 0 bridgehead atoms. The maximum atomic E-state index is 10.5. The van der Waals surface area contributed by atoms with Crippen LogP contribution in [0.15, 0.2) is 39.7 Å². The number of aliphatic imine (C=N–C) groups is 1. The number of fused-ring (bicyclic) bond motifs is 1. The largest absolute Gasteiger partial charge is 0.433 e. The molecule has 2 heterocycles. The molecule has 7 nitrogen and oxygen atoms in total. The summed E-state index contributed by atoms with van der Waals surface area (Å²) < 4.78 is 4.97. The van der Waals surface area contributed by atoms with Gasteiger partial charge in [-0.2, -0.15) is 0 Å². The van der Waals surface area contributed by atoms with Crippen molar-refractivity contribution in [2.45, 2.75) is 6.92 Å². The predicted molar refractivity (Wildman–Crippen MR) is 73.4 cm³/mol. The number of nitro groups is 1. The van der Waals surface area contributed by atoms with Crippen LogP contribution in [-0.4, -0.2) is 21.1 Å². The summed E-state index contributed by atoms with van der Waals surface area (Å²) in [7, 11) is 0. The first-order chi connectivity index (χ1) is 9.61. The number of furan rings is 1. The first kappa shape index (κ1) is 12.1. The molecule has 0 unspecified atom stereocenters. The normalized spacial score (nSPS) is 11.4. The van der Waals surface area contributed by atoms with E-state index in [2.05, 4.69) is 15.0 Å². The highest BCUT2D eigenvalue weighted by atomic mass is 16.6. The van der Waals surface area contributed by atoms with Crippen molar-refractivity contribution in [2.24, 2.45) is 4.99 Å². The maximum absolute atomic E-state index is 10.5. The average Bonchev–Trinajstić information content (AvgIpc) is 3.01. The van der Waals surface area contributed by atoms with Gasteiger partial charge in [0.05, 0.1) is 23.3 Å². The van der Waals surface area contributed by atoms with E-state index in [1.807, 2.05) is 25.1 Å². The molecule has 0 saturated carbocycles. The Hall–Kier alpha value is -2.96. The van der Waals surface area contributed by atoms with Crippen LogP contribution in [-0.2, 0) is 0 Å². The Morgan fingerprint density at radius 3 is 3.00 bits per heavy atom. The molecule has 3 aromatic rings. The molecule has 1 N–H and O–H groups in total. The standard InChI is InChI=1S/C13H10N4O3/c1-8-2-4-10-11(6-8)16-13(15-10)14-7-9-3-5-12(20-9)17(18)19/h2-7H,1H3,(H,15,16). The molecule has 1 aromatic carbocycles. The summed E-state index contributed by atoms with van der Waals surface area (Å²) in [6.45, 7) is 1.99. The van der Waals surface area contributed by atoms with Crippen LogP contribution in [0.4, 0.5) is 11.8 Å². The van der Waals surface area contributed by atoms with Crippen LogP contribution >= 0.6 is 0 Å². The van der Waals surface area contributed by atoms with Crippen molar-refractivity contribution in [1.29, 1.82) is 0 Å². The molecule has 0 aliphatic carbocycles. The predicted octanol–water partition coefficient (Wildman–Crippen LogP) is 3.12. The van der Waals surface area contributed by atoms with Gasteiger partial charge in [-0.1, -0.05) is 6.07 Å². The number of hydrogen-bond acceptors (Lipinski definition) is 5. The van der Waals surface area contributed by atoms with Gasteiger partial charge in [0.25, 0.3) is 0 Å². The lowest BCUT2D eigenvalue weighted by atomic mass is 10.2. The van der Waals surface area contributed by atoms with Crippen LogP contribution in [0.3, 0.4) is 0 Å². The van der Waals surface area contributed by atoms with Crippen LogP contribution in [0.5, 0.6) is 0 Å². The zero-order valence-corrected chi connectivity index (χ0v) is 10.5. The Morgan fingerprint density at radius 2 is 2.25 bits per heavy atom. The zero-order chi connectivity index (χ0) is 14.1. The number of aryl methyl sites for hydroxylation is 1. The van der Waals surface area contributed by atoms with Crippen molar-refractivity contribution >= 4 is 29.1 Å². The maximum Gasteiger partial charge on any atom is 0.433 e. The van der Waals surface area contributed by atoms with Crippen LogP contribution < -0.4 is 0 Å². The highest BCUT2D eigenvalue weighted by Crippen LogP contribution is 2.18. The smallest absolute Gasteiger partial charge is 0.400 e. The Labute approximate surface area is 113 Å². The number of hydrogen-bond donors (Lipinski definition) is 1. The molecular formula is C13H10N4O3. The molecule has 0 spiro atoms. The van der Waals surface area contributed by atoms with Crippen molar-refractivity contribution in [1.82, 2.24) is 9.97 Å². The number of benzene rings is 1. The molecule has 0 saturated heterocycles. The summed E-state index contributed by atoms with van der Waals surface area (Å²) in [5.74, 6) is 0.407. The van der Waals surface area contributed by atoms with E-state index in [0.717, 1.165) is 16.6 Å². The molecule has 0 radical (unpaired) electrons. The first-order valence-electron chi connectivity index (χ1n) is 5.86. The SMILES string of the molecule is Cc1ccc2nc(N=Cc3ccc([N+](=O)[O-])o3)[nH]c2c1. The highest BCUT2D eigenvalue weighted by molar-refractivity contribution is 5.81. The summed E-state index contributed by atoms with van der Waals surface area (Å²) in [6.07, 6.45) is 1.39. The van der Waals surface area contributed by atoms with E-state index in [9.17, 15) is 10.1 Å². The fourth-order valence-corrected chi connectivity index (χ4v) is 1.81. The van der Waals surface area contributed by atoms with Crippen molar-refractivity contribution in [3.05, 3.63) is 51.8 Å². The number of nitrogens with one attached hydrogen (secondary N) is 1. The van der Waals surface area contributed by atoms with Crippen molar-refractivity contribution in [3.63, 3.8) is 0 Å². The van der Waals surface area contributed by atoms with E-state index >= 15 is 0 Å². The minimum Gasteiger partial charge on any atom is -0.400 e. The van der Waals surface area contributed by atoms with Gasteiger partial charge in [0.15, 0.2) is 5.76 Å². The van der Waals surface area contributed by atoms with Crippen LogP contribution in [0.1, 0.15) is 11.3 Å². The molecular weight excluding hydrogens is 260 g/mol. The van der Waals surface area contributed by atoms with Crippen LogP contribution in [0.2, 0.25) is 0 Å². The van der Waals surface area contributed by atoms with Gasteiger partial charge in [-0.15, -0.1) is 0 Å². The van der Waals surface area contributed by atoms with Gasteiger partial charge in [0, 0.05) is 0 Å². The van der Waals surface area contributed by atoms with Gasteiger partial charge in [0.1, 0.15) is 4.92 Å². The van der Waals surface area contributed by atoms with Crippen molar-refractivity contribution in [3.8, 4) is 0 Å². The third-order valence-electron chi connectivity index (χ3n) is 2.73. The van der Waals surface area contributed by atoms with Crippen LogP contribution in [0, 0.1) is 17.0 Å². The molecule has 3 rings (SSSR count). The number of aromatic amines is 1. The van der Waals surface area contributed by atoms with E-state index in [4.69, 9.17) is 4.42 Å². The van der Waals surface area contributed by atoms with E-state index < -0.39 is 4.92 Å². The zero-order valence-electron chi connectivity index (χ0n) is 10.5. The molecule has 20 heavy (non-hydrogen) atoms. The third kappa shape index (κ3) is 2.28. The summed E-state index contributed by atoms with van der Waals surface area (Å²) in [6, 6.07) is 8.60. The minimum absolute atomic E-state index is 0.299. The van der Waals surface area contributed by atoms with Gasteiger partial charge in [-0.05, 0) is 30.7 Å². The summed E-state index contributed by atoms with van der Waals surface area (Å²) in [5, 5.41) is 10.5. The third-order valence-corrected chi connectivity index (χ3v) is 2.73. The highest BCUT2D eigenvalue weighted by Gasteiger charge is 2.10. The quantitative estimate of drug-likeness (QED) is 0.449. The van der Waals surface area contributed by atoms with Crippen molar-refractivity contribution < 1.29 is 9.34 Å². The summed E-state index contributed by atoms with van der Waals surface area (Å²) >= 11 is 0. The minimum atomic E-state index is -0.596. The molecule has 0 atom stereocenters. The summed E-state index contributed by atoms with van der Waals surface area (Å²) in [5.41, 5.74) is 2.83. The lowest BCUT2D eigenvalue weighted by Gasteiger charge is -1.89. The lowest BCUT2D eigenvalue weighted by Crippen LogP contribution is -1.83. The molecule has 100 valence electrons. The molecule has 0 aliphatic rings. The summed E-state index contributed by atoms with van der Waals surface area (Å²) in [4.78, 5) is 21.3. The lowest BCUT2D eigenvalue weighted by molar-refractivity contribution is -0.402. The van der Waals surface area contributed by atoms with Gasteiger partial charge >= 0.3 is 5.88 Å². The Bertz CT molecular complexity index is 816. The molecule has 2 aromatic heterocycles. The average molecular weight is 270 g/mol. The van der Waals surface area contributed by atoms with Gasteiger partial charge < -0.3 is 9.40 Å². The Balaban J connectivity index is 1.87. The fraction of sp³-hybridized carbons (Fsp3) is 0.0769.